The summed E-state index contributed by atoms with van der Waals surface area (Å²) in [5.41, 5.74) is 1.48. The average molecular weight is 385 g/mol. The lowest BCUT2D eigenvalue weighted by Crippen LogP contribution is -2.24. The zero-order chi connectivity index (χ0) is 14.0. The van der Waals surface area contributed by atoms with Gasteiger partial charge in [0.2, 0.25) is 0 Å². The maximum atomic E-state index is 12.1. The number of aromatic nitrogens is 1. The molecule has 0 aliphatic heterocycles. The lowest BCUT2D eigenvalue weighted by Gasteiger charge is -2.07. The summed E-state index contributed by atoms with van der Waals surface area (Å²) in [6.07, 6.45) is 1.61. The van der Waals surface area contributed by atoms with E-state index in [0.717, 1.165) is 10.0 Å². The van der Waals surface area contributed by atoms with Crippen LogP contribution < -0.4 is 5.56 Å². The topological polar surface area (TPSA) is 39.1 Å². The number of hydrogen-bond donors (Lipinski definition) is 0. The molecule has 0 aliphatic rings. The Morgan fingerprint density at radius 3 is 2.47 bits per heavy atom. The fraction of sp³-hybridized carbons (Fsp3) is 0.143. The molecule has 2 aromatic rings. The van der Waals surface area contributed by atoms with Crippen LogP contribution >= 0.6 is 31.9 Å². The van der Waals surface area contributed by atoms with E-state index in [2.05, 4.69) is 31.9 Å². The SMILES string of the molecule is Cc1ccc(C(=O)Cn2cc(Br)cc(Br)c2=O)cc1. The number of halogens is 2. The van der Waals surface area contributed by atoms with Gasteiger partial charge in [0, 0.05) is 16.2 Å². The summed E-state index contributed by atoms with van der Waals surface area (Å²) < 4.78 is 2.56. The van der Waals surface area contributed by atoms with Crippen LogP contribution in [0.25, 0.3) is 0 Å². The Bertz CT molecular complexity index is 675. The number of pyridine rings is 1. The van der Waals surface area contributed by atoms with Gasteiger partial charge in [-0.15, -0.1) is 0 Å². The second-order valence-electron chi connectivity index (χ2n) is 4.23. The molecule has 19 heavy (non-hydrogen) atoms. The summed E-state index contributed by atoms with van der Waals surface area (Å²) in [4.78, 5) is 24.0. The summed E-state index contributed by atoms with van der Waals surface area (Å²) in [7, 11) is 0. The van der Waals surface area contributed by atoms with Crippen molar-refractivity contribution in [2.24, 2.45) is 0 Å². The number of Topliss-reactive ketones (excluding diaryl/α,β-unsaturated/α-hetero) is 1. The smallest absolute Gasteiger partial charge is 0.265 e. The van der Waals surface area contributed by atoms with Gasteiger partial charge < -0.3 is 4.57 Å². The van der Waals surface area contributed by atoms with Crippen molar-refractivity contribution >= 4 is 37.6 Å². The van der Waals surface area contributed by atoms with E-state index in [9.17, 15) is 9.59 Å². The fourth-order valence-electron chi connectivity index (χ4n) is 1.67. The third kappa shape index (κ3) is 3.42. The van der Waals surface area contributed by atoms with Crippen molar-refractivity contribution in [1.29, 1.82) is 0 Å². The molecule has 5 heteroatoms. The molecule has 0 saturated carbocycles. The van der Waals surface area contributed by atoms with E-state index in [1.807, 2.05) is 19.1 Å². The number of nitrogens with zero attached hydrogens (tertiary/aromatic N) is 1. The highest BCUT2D eigenvalue weighted by Crippen LogP contribution is 2.13. The molecule has 0 aliphatic carbocycles. The highest BCUT2D eigenvalue weighted by Gasteiger charge is 2.10. The first-order valence-electron chi connectivity index (χ1n) is 5.63. The minimum absolute atomic E-state index is 0.0277. The van der Waals surface area contributed by atoms with Crippen molar-refractivity contribution in [2.75, 3.05) is 0 Å². The zero-order valence-corrected chi connectivity index (χ0v) is 13.4. The van der Waals surface area contributed by atoms with E-state index in [1.165, 1.54) is 4.57 Å². The van der Waals surface area contributed by atoms with Crippen LogP contribution in [0.5, 0.6) is 0 Å². The predicted molar refractivity (Wildman–Crippen MR) is 81.6 cm³/mol. The number of benzene rings is 1. The molecule has 0 saturated heterocycles. The molecule has 1 aromatic heterocycles. The van der Waals surface area contributed by atoms with Crippen molar-refractivity contribution in [1.82, 2.24) is 4.57 Å². The molecule has 1 heterocycles. The Morgan fingerprint density at radius 1 is 1.21 bits per heavy atom. The van der Waals surface area contributed by atoms with Gasteiger partial charge >= 0.3 is 0 Å². The molecule has 0 amide bonds. The molecule has 0 fully saturated rings. The van der Waals surface area contributed by atoms with E-state index in [1.54, 1.807) is 24.4 Å². The van der Waals surface area contributed by atoms with Gasteiger partial charge in [0.15, 0.2) is 5.78 Å². The van der Waals surface area contributed by atoms with Gasteiger partial charge in [-0.1, -0.05) is 29.8 Å². The molecule has 0 N–H and O–H groups in total. The van der Waals surface area contributed by atoms with Gasteiger partial charge in [0.25, 0.3) is 5.56 Å². The first kappa shape index (κ1) is 14.2. The van der Waals surface area contributed by atoms with Crippen molar-refractivity contribution < 1.29 is 4.79 Å². The van der Waals surface area contributed by atoms with Gasteiger partial charge in [-0.2, -0.15) is 0 Å². The van der Waals surface area contributed by atoms with Crippen LogP contribution in [-0.4, -0.2) is 10.4 Å². The standard InChI is InChI=1S/C14H11Br2NO2/c1-9-2-4-10(5-3-9)13(18)8-17-7-11(15)6-12(16)14(17)19/h2-7H,8H2,1H3. The first-order valence-corrected chi connectivity index (χ1v) is 7.21. The van der Waals surface area contributed by atoms with Gasteiger partial charge in [0.1, 0.15) is 0 Å². The Kier molecular flexibility index (Phi) is 4.37. The van der Waals surface area contributed by atoms with E-state index in [-0.39, 0.29) is 17.9 Å². The average Bonchev–Trinajstić information content (AvgIpc) is 2.36. The van der Waals surface area contributed by atoms with Crippen LogP contribution in [0.4, 0.5) is 0 Å². The number of hydrogen-bond acceptors (Lipinski definition) is 2. The number of ketones is 1. The molecule has 0 radical (unpaired) electrons. The monoisotopic (exact) mass is 383 g/mol. The van der Waals surface area contributed by atoms with Crippen LogP contribution in [-0.2, 0) is 6.54 Å². The molecular formula is C14H11Br2NO2. The summed E-state index contributed by atoms with van der Waals surface area (Å²) in [5.74, 6) is -0.0906. The highest BCUT2D eigenvalue weighted by atomic mass is 79.9. The normalized spacial score (nSPS) is 10.5. The quantitative estimate of drug-likeness (QED) is 0.759. The molecule has 1 aromatic carbocycles. The van der Waals surface area contributed by atoms with Gasteiger partial charge in [-0.05, 0) is 44.8 Å². The Labute approximate surface area is 127 Å². The van der Waals surface area contributed by atoms with Gasteiger partial charge in [-0.25, -0.2) is 0 Å². The first-order chi connectivity index (χ1) is 8.97. The number of carbonyl (C=O) groups is 1. The lowest BCUT2D eigenvalue weighted by atomic mass is 10.1. The van der Waals surface area contributed by atoms with E-state index >= 15 is 0 Å². The van der Waals surface area contributed by atoms with Crippen LogP contribution in [0.3, 0.4) is 0 Å². The van der Waals surface area contributed by atoms with Crippen molar-refractivity contribution in [3.05, 3.63) is 67.0 Å². The molecule has 0 unspecified atom stereocenters. The number of aryl methyl sites for hydroxylation is 1. The van der Waals surface area contributed by atoms with Crippen LogP contribution in [0.2, 0.25) is 0 Å². The van der Waals surface area contributed by atoms with Crippen molar-refractivity contribution in [3.63, 3.8) is 0 Å². The lowest BCUT2D eigenvalue weighted by molar-refractivity contribution is 0.0970. The summed E-state index contributed by atoms with van der Waals surface area (Å²) in [6, 6.07) is 8.97. The third-order valence-electron chi connectivity index (χ3n) is 2.70. The largest absolute Gasteiger partial charge is 0.306 e. The molecule has 0 atom stereocenters. The van der Waals surface area contributed by atoms with E-state index < -0.39 is 0 Å². The predicted octanol–water partition coefficient (Wildman–Crippen LogP) is 3.56. The van der Waals surface area contributed by atoms with Crippen LogP contribution in [0.1, 0.15) is 15.9 Å². The molecule has 0 bridgehead atoms. The fourth-order valence-corrected chi connectivity index (χ4v) is 2.93. The number of rotatable bonds is 3. The van der Waals surface area contributed by atoms with Gasteiger partial charge in [-0.3, -0.25) is 9.59 Å². The molecular weight excluding hydrogens is 374 g/mol. The maximum Gasteiger partial charge on any atom is 0.265 e. The molecule has 3 nitrogen and oxygen atoms in total. The second kappa shape index (κ2) is 5.84. The van der Waals surface area contributed by atoms with Crippen LogP contribution in [0, 0.1) is 6.92 Å². The highest BCUT2D eigenvalue weighted by molar-refractivity contribution is 9.11. The summed E-state index contributed by atoms with van der Waals surface area (Å²) >= 11 is 6.48. The Balaban J connectivity index is 2.29. The van der Waals surface area contributed by atoms with E-state index in [4.69, 9.17) is 0 Å². The maximum absolute atomic E-state index is 12.1. The van der Waals surface area contributed by atoms with Crippen molar-refractivity contribution in [3.8, 4) is 0 Å². The Hall–Kier alpha value is -1.20. The number of carbonyl (C=O) groups excluding carboxylic acids is 1. The Morgan fingerprint density at radius 2 is 1.84 bits per heavy atom. The summed E-state index contributed by atoms with van der Waals surface area (Å²) in [5, 5.41) is 0. The van der Waals surface area contributed by atoms with Crippen LogP contribution in [0.15, 0.2) is 50.3 Å². The molecule has 0 spiro atoms. The minimum atomic E-state index is -0.219. The summed E-state index contributed by atoms with van der Waals surface area (Å²) in [6.45, 7) is 1.99. The second-order valence-corrected chi connectivity index (χ2v) is 6.00. The molecule has 2 rings (SSSR count). The third-order valence-corrected chi connectivity index (χ3v) is 3.70. The zero-order valence-electron chi connectivity index (χ0n) is 10.2. The van der Waals surface area contributed by atoms with Crippen molar-refractivity contribution in [2.45, 2.75) is 13.5 Å². The minimum Gasteiger partial charge on any atom is -0.306 e. The van der Waals surface area contributed by atoms with Gasteiger partial charge in [0.05, 0.1) is 11.0 Å². The molecule has 98 valence electrons. The van der Waals surface area contributed by atoms with E-state index in [0.29, 0.717) is 10.0 Å².